The molecule has 2 atom stereocenters. The van der Waals surface area contributed by atoms with Crippen LogP contribution in [0.25, 0.3) is 0 Å². The highest BCUT2D eigenvalue weighted by Crippen LogP contribution is 2.40. The fourth-order valence-electron chi connectivity index (χ4n) is 3.76. The molecule has 0 saturated heterocycles. The molecule has 1 aliphatic rings. The number of amides is 1. The summed E-state index contributed by atoms with van der Waals surface area (Å²) in [6, 6.07) is 12.1. The fourth-order valence-corrected chi connectivity index (χ4v) is 3.76. The van der Waals surface area contributed by atoms with E-state index in [9.17, 15) is 4.79 Å². The zero-order chi connectivity index (χ0) is 20.5. The summed E-state index contributed by atoms with van der Waals surface area (Å²) in [7, 11) is 0. The predicted octanol–water partition coefficient (Wildman–Crippen LogP) is 5.19. The first-order chi connectivity index (χ1) is 13.2. The maximum absolute atomic E-state index is 13.0. The molecule has 4 heteroatoms. The Labute approximate surface area is 168 Å². The Morgan fingerprint density at radius 1 is 1.18 bits per heavy atom. The van der Waals surface area contributed by atoms with Crippen molar-refractivity contribution in [2.75, 3.05) is 0 Å². The SMILES string of the molecule is CC[C@@H](Oc1ccc(C)cc1C)C(=O)N[C@@H]1CC(C)(C)Oc2cc(C)ccc21. The van der Waals surface area contributed by atoms with E-state index in [2.05, 4.69) is 37.4 Å². The summed E-state index contributed by atoms with van der Waals surface area (Å²) in [5.74, 6) is 1.53. The number of aryl methyl sites for hydroxylation is 3. The molecule has 1 heterocycles. The van der Waals surface area contributed by atoms with Crippen LogP contribution in [0.1, 0.15) is 61.9 Å². The van der Waals surface area contributed by atoms with Crippen molar-refractivity contribution in [3.63, 3.8) is 0 Å². The maximum atomic E-state index is 13.0. The van der Waals surface area contributed by atoms with Crippen molar-refractivity contribution in [3.8, 4) is 11.5 Å². The van der Waals surface area contributed by atoms with Crippen molar-refractivity contribution >= 4 is 5.91 Å². The molecule has 0 unspecified atom stereocenters. The molecule has 1 amide bonds. The lowest BCUT2D eigenvalue weighted by molar-refractivity contribution is -0.129. The van der Waals surface area contributed by atoms with E-state index in [-0.39, 0.29) is 17.6 Å². The third kappa shape index (κ3) is 4.49. The molecular formula is C24H31NO3. The number of carbonyl (C=O) groups excluding carboxylic acids is 1. The summed E-state index contributed by atoms with van der Waals surface area (Å²) < 4.78 is 12.2. The monoisotopic (exact) mass is 381 g/mol. The van der Waals surface area contributed by atoms with Crippen molar-refractivity contribution in [3.05, 3.63) is 58.7 Å². The van der Waals surface area contributed by atoms with E-state index in [0.717, 1.165) is 34.6 Å². The van der Waals surface area contributed by atoms with Gasteiger partial charge in [0, 0.05) is 12.0 Å². The van der Waals surface area contributed by atoms with Gasteiger partial charge in [0.25, 0.3) is 5.91 Å². The molecule has 3 rings (SSSR count). The predicted molar refractivity (Wildman–Crippen MR) is 112 cm³/mol. The van der Waals surface area contributed by atoms with Gasteiger partial charge in [0.05, 0.1) is 6.04 Å². The Morgan fingerprint density at radius 3 is 2.54 bits per heavy atom. The number of nitrogens with one attached hydrogen (secondary N) is 1. The first-order valence-corrected chi connectivity index (χ1v) is 10.0. The summed E-state index contributed by atoms with van der Waals surface area (Å²) in [6.07, 6.45) is 0.794. The highest BCUT2D eigenvalue weighted by Gasteiger charge is 2.35. The van der Waals surface area contributed by atoms with Crippen LogP contribution < -0.4 is 14.8 Å². The minimum atomic E-state index is -0.527. The summed E-state index contributed by atoms with van der Waals surface area (Å²) in [4.78, 5) is 13.0. The van der Waals surface area contributed by atoms with Gasteiger partial charge in [-0.25, -0.2) is 0 Å². The van der Waals surface area contributed by atoms with Gasteiger partial charge in [0.15, 0.2) is 6.10 Å². The van der Waals surface area contributed by atoms with E-state index >= 15 is 0 Å². The lowest BCUT2D eigenvalue weighted by atomic mass is 9.89. The standard InChI is InChI=1S/C24H31NO3/c1-7-20(27-21-11-9-15(2)12-17(21)4)23(26)25-19-14-24(5,6)28-22-13-16(3)8-10-18(19)22/h8-13,19-20H,7,14H2,1-6H3,(H,25,26)/t19-,20-/m1/s1. The molecule has 0 spiro atoms. The van der Waals surface area contributed by atoms with Crippen molar-refractivity contribution in [2.24, 2.45) is 0 Å². The summed E-state index contributed by atoms with van der Waals surface area (Å²) in [5.41, 5.74) is 4.05. The topological polar surface area (TPSA) is 47.6 Å². The van der Waals surface area contributed by atoms with Crippen LogP contribution in [-0.4, -0.2) is 17.6 Å². The average molecular weight is 382 g/mol. The highest BCUT2D eigenvalue weighted by molar-refractivity contribution is 5.81. The summed E-state index contributed by atoms with van der Waals surface area (Å²) in [6.45, 7) is 12.2. The van der Waals surface area contributed by atoms with Gasteiger partial charge in [-0.05, 0) is 64.3 Å². The third-order valence-electron chi connectivity index (χ3n) is 5.21. The zero-order valence-corrected chi connectivity index (χ0v) is 17.8. The van der Waals surface area contributed by atoms with E-state index in [4.69, 9.17) is 9.47 Å². The molecule has 28 heavy (non-hydrogen) atoms. The second-order valence-electron chi connectivity index (χ2n) is 8.45. The molecule has 2 aromatic carbocycles. The molecule has 150 valence electrons. The minimum Gasteiger partial charge on any atom is -0.487 e. The summed E-state index contributed by atoms with van der Waals surface area (Å²) in [5, 5.41) is 3.21. The Hall–Kier alpha value is -2.49. The van der Waals surface area contributed by atoms with Crippen molar-refractivity contribution in [1.82, 2.24) is 5.32 Å². The first-order valence-electron chi connectivity index (χ1n) is 10.0. The van der Waals surface area contributed by atoms with E-state index in [1.165, 1.54) is 5.56 Å². The second-order valence-corrected chi connectivity index (χ2v) is 8.45. The lowest BCUT2D eigenvalue weighted by Crippen LogP contribution is -2.45. The van der Waals surface area contributed by atoms with Crippen LogP contribution in [-0.2, 0) is 4.79 Å². The molecule has 0 aliphatic carbocycles. The van der Waals surface area contributed by atoms with Crippen LogP contribution in [0.2, 0.25) is 0 Å². The number of hydrogen-bond donors (Lipinski definition) is 1. The van der Waals surface area contributed by atoms with E-state index in [1.807, 2.05) is 45.9 Å². The van der Waals surface area contributed by atoms with Crippen molar-refractivity contribution in [2.45, 2.75) is 72.1 Å². The zero-order valence-electron chi connectivity index (χ0n) is 17.8. The average Bonchev–Trinajstić information content (AvgIpc) is 2.59. The van der Waals surface area contributed by atoms with Crippen LogP contribution in [0.4, 0.5) is 0 Å². The van der Waals surface area contributed by atoms with Gasteiger partial charge in [-0.3, -0.25) is 4.79 Å². The molecule has 0 fully saturated rings. The molecule has 1 N–H and O–H groups in total. The van der Waals surface area contributed by atoms with Crippen LogP contribution in [0.5, 0.6) is 11.5 Å². The number of rotatable bonds is 5. The smallest absolute Gasteiger partial charge is 0.261 e. The van der Waals surface area contributed by atoms with Gasteiger partial charge in [0.2, 0.25) is 0 Å². The van der Waals surface area contributed by atoms with Gasteiger partial charge < -0.3 is 14.8 Å². The lowest BCUT2D eigenvalue weighted by Gasteiger charge is -2.38. The molecule has 0 radical (unpaired) electrons. The van der Waals surface area contributed by atoms with Gasteiger partial charge in [0.1, 0.15) is 17.1 Å². The van der Waals surface area contributed by atoms with Crippen LogP contribution in [0.15, 0.2) is 36.4 Å². The first kappa shape index (κ1) is 20.2. The quantitative estimate of drug-likeness (QED) is 0.775. The summed E-state index contributed by atoms with van der Waals surface area (Å²) >= 11 is 0. The van der Waals surface area contributed by atoms with E-state index in [0.29, 0.717) is 6.42 Å². The highest BCUT2D eigenvalue weighted by atomic mass is 16.5. The van der Waals surface area contributed by atoms with E-state index < -0.39 is 6.10 Å². The Morgan fingerprint density at radius 2 is 1.86 bits per heavy atom. The third-order valence-corrected chi connectivity index (χ3v) is 5.21. The van der Waals surface area contributed by atoms with Crippen LogP contribution >= 0.6 is 0 Å². The largest absolute Gasteiger partial charge is 0.487 e. The Kier molecular flexibility index (Phi) is 5.69. The molecule has 0 aromatic heterocycles. The van der Waals surface area contributed by atoms with Gasteiger partial charge in [-0.15, -0.1) is 0 Å². The Bertz CT molecular complexity index is 872. The number of fused-ring (bicyclic) bond motifs is 1. The molecule has 4 nitrogen and oxygen atoms in total. The Balaban J connectivity index is 1.79. The molecule has 0 saturated carbocycles. The fraction of sp³-hybridized carbons (Fsp3) is 0.458. The van der Waals surface area contributed by atoms with E-state index in [1.54, 1.807) is 0 Å². The van der Waals surface area contributed by atoms with Crippen LogP contribution in [0, 0.1) is 20.8 Å². The van der Waals surface area contributed by atoms with Gasteiger partial charge in [-0.1, -0.05) is 36.8 Å². The number of ether oxygens (including phenoxy) is 2. The molecular weight excluding hydrogens is 350 g/mol. The minimum absolute atomic E-state index is 0.0864. The second kappa shape index (κ2) is 7.86. The van der Waals surface area contributed by atoms with Crippen molar-refractivity contribution in [1.29, 1.82) is 0 Å². The van der Waals surface area contributed by atoms with Crippen molar-refractivity contribution < 1.29 is 14.3 Å². The molecule has 2 aromatic rings. The number of carbonyl (C=O) groups is 1. The molecule has 0 bridgehead atoms. The van der Waals surface area contributed by atoms with Gasteiger partial charge in [-0.2, -0.15) is 0 Å². The number of hydrogen-bond acceptors (Lipinski definition) is 3. The normalized spacial score (nSPS) is 18.6. The maximum Gasteiger partial charge on any atom is 0.261 e. The number of benzene rings is 2. The van der Waals surface area contributed by atoms with Crippen LogP contribution in [0.3, 0.4) is 0 Å². The molecule has 1 aliphatic heterocycles. The van der Waals surface area contributed by atoms with Gasteiger partial charge >= 0.3 is 0 Å².